The first-order valence-corrected chi connectivity index (χ1v) is 7.04. The van der Waals surface area contributed by atoms with Crippen LogP contribution in [0, 0.1) is 0 Å². The molecular formula is C14H18BrNO3. The second-order valence-corrected chi connectivity index (χ2v) is 5.43. The zero-order chi connectivity index (χ0) is 14.0. The number of esters is 1. The molecule has 2 rings (SSSR count). The summed E-state index contributed by atoms with van der Waals surface area (Å²) in [4.78, 5) is 13.7. The summed E-state index contributed by atoms with van der Waals surface area (Å²) < 4.78 is 11.1. The average Bonchev–Trinajstić information content (AvgIpc) is 2.45. The molecule has 0 bridgehead atoms. The fraction of sp³-hybridized carbons (Fsp3) is 0.500. The van der Waals surface area contributed by atoms with Crippen molar-refractivity contribution >= 4 is 21.9 Å². The highest BCUT2D eigenvalue weighted by atomic mass is 79.9. The number of halogens is 1. The van der Waals surface area contributed by atoms with Crippen LogP contribution in [-0.4, -0.2) is 37.7 Å². The minimum absolute atomic E-state index is 0.184. The van der Waals surface area contributed by atoms with Gasteiger partial charge in [0.15, 0.2) is 0 Å². The van der Waals surface area contributed by atoms with Gasteiger partial charge in [0, 0.05) is 13.1 Å². The average molecular weight is 328 g/mol. The lowest BCUT2D eigenvalue weighted by Gasteiger charge is -2.32. The largest absolute Gasteiger partial charge is 0.496 e. The monoisotopic (exact) mass is 327 g/mol. The fourth-order valence-electron chi connectivity index (χ4n) is 2.42. The van der Waals surface area contributed by atoms with Crippen LogP contribution >= 0.6 is 15.9 Å². The summed E-state index contributed by atoms with van der Waals surface area (Å²) in [7, 11) is 3.10. The van der Waals surface area contributed by atoms with Crippen molar-refractivity contribution in [1.82, 2.24) is 4.90 Å². The van der Waals surface area contributed by atoms with Gasteiger partial charge in [0.1, 0.15) is 11.8 Å². The van der Waals surface area contributed by atoms with E-state index in [-0.39, 0.29) is 12.0 Å². The third-order valence-corrected chi connectivity index (χ3v) is 4.51. The third-order valence-electron chi connectivity index (χ3n) is 3.64. The Kier molecular flexibility index (Phi) is 4.47. The molecule has 0 spiro atoms. The topological polar surface area (TPSA) is 38.8 Å². The summed E-state index contributed by atoms with van der Waals surface area (Å²) in [5.74, 6) is 0.671. The second kappa shape index (κ2) is 5.92. The van der Waals surface area contributed by atoms with Crippen molar-refractivity contribution in [2.75, 3.05) is 20.8 Å². The van der Waals surface area contributed by atoms with E-state index < -0.39 is 0 Å². The Morgan fingerprint density at radius 1 is 1.42 bits per heavy atom. The predicted molar refractivity (Wildman–Crippen MR) is 76.3 cm³/mol. The summed E-state index contributed by atoms with van der Waals surface area (Å²) in [5.41, 5.74) is 2.50. The number of methoxy groups -OCH3 is 2. The van der Waals surface area contributed by atoms with Crippen molar-refractivity contribution in [2.24, 2.45) is 0 Å². The molecule has 0 saturated carbocycles. The smallest absolute Gasteiger partial charge is 0.322 e. The number of hydrogen-bond acceptors (Lipinski definition) is 4. The van der Waals surface area contributed by atoms with Crippen LogP contribution in [0.5, 0.6) is 5.75 Å². The molecule has 4 nitrogen and oxygen atoms in total. The molecule has 0 saturated heterocycles. The maximum absolute atomic E-state index is 11.6. The minimum Gasteiger partial charge on any atom is -0.496 e. The lowest BCUT2D eigenvalue weighted by atomic mass is 9.98. The molecule has 19 heavy (non-hydrogen) atoms. The molecule has 1 atom stereocenters. The molecule has 0 N–H and O–H groups in total. The zero-order valence-corrected chi connectivity index (χ0v) is 13.0. The highest BCUT2D eigenvalue weighted by Gasteiger charge is 2.27. The van der Waals surface area contributed by atoms with Gasteiger partial charge < -0.3 is 9.47 Å². The molecule has 1 aliphatic rings. The van der Waals surface area contributed by atoms with E-state index in [1.807, 2.05) is 13.0 Å². The van der Waals surface area contributed by atoms with Crippen molar-refractivity contribution in [2.45, 2.75) is 25.9 Å². The first-order chi connectivity index (χ1) is 9.08. The van der Waals surface area contributed by atoms with Crippen LogP contribution in [-0.2, 0) is 22.5 Å². The number of hydrogen-bond donors (Lipinski definition) is 0. The van der Waals surface area contributed by atoms with E-state index in [4.69, 9.17) is 9.47 Å². The van der Waals surface area contributed by atoms with E-state index in [1.165, 1.54) is 18.2 Å². The molecule has 1 heterocycles. The Labute approximate surface area is 121 Å². The molecule has 0 radical (unpaired) electrons. The van der Waals surface area contributed by atoms with Crippen molar-refractivity contribution in [3.8, 4) is 5.75 Å². The standard InChI is InChI=1S/C14H18BrNO3/c1-9(14(17)19-3)16-7-6-11-10(8-16)4-5-12(18-2)13(11)15/h4-5,9H,6-8H2,1-3H3. The van der Waals surface area contributed by atoms with E-state index in [0.717, 1.165) is 29.7 Å². The number of ether oxygens (including phenoxy) is 2. The van der Waals surface area contributed by atoms with Gasteiger partial charge in [0.25, 0.3) is 0 Å². The number of fused-ring (bicyclic) bond motifs is 1. The predicted octanol–water partition coefficient (Wildman–Crippen LogP) is 2.38. The summed E-state index contributed by atoms with van der Waals surface area (Å²) in [6.45, 7) is 3.48. The summed E-state index contributed by atoms with van der Waals surface area (Å²) >= 11 is 3.59. The highest BCUT2D eigenvalue weighted by molar-refractivity contribution is 9.10. The lowest BCUT2D eigenvalue weighted by molar-refractivity contribution is -0.146. The number of carbonyl (C=O) groups is 1. The Bertz CT molecular complexity index is 490. The van der Waals surface area contributed by atoms with Gasteiger partial charge in [-0.3, -0.25) is 9.69 Å². The van der Waals surface area contributed by atoms with Crippen molar-refractivity contribution in [3.63, 3.8) is 0 Å². The number of carbonyl (C=O) groups excluding carboxylic acids is 1. The number of benzene rings is 1. The third kappa shape index (κ3) is 2.77. The van der Waals surface area contributed by atoms with Crippen molar-refractivity contribution in [1.29, 1.82) is 0 Å². The highest BCUT2D eigenvalue weighted by Crippen LogP contribution is 2.34. The number of nitrogens with zero attached hydrogens (tertiary/aromatic N) is 1. The van der Waals surface area contributed by atoms with Crippen LogP contribution in [0.4, 0.5) is 0 Å². The van der Waals surface area contributed by atoms with Crippen molar-refractivity contribution in [3.05, 3.63) is 27.7 Å². The van der Waals surface area contributed by atoms with E-state index in [0.29, 0.717) is 0 Å². The molecule has 0 amide bonds. The van der Waals surface area contributed by atoms with Gasteiger partial charge in [-0.1, -0.05) is 6.07 Å². The molecule has 1 aromatic rings. The zero-order valence-electron chi connectivity index (χ0n) is 11.4. The van der Waals surface area contributed by atoms with Crippen LogP contribution < -0.4 is 4.74 Å². The number of rotatable bonds is 3. The van der Waals surface area contributed by atoms with E-state index >= 15 is 0 Å². The SMILES string of the molecule is COC(=O)C(C)N1CCc2c(ccc(OC)c2Br)C1. The van der Waals surface area contributed by atoms with Gasteiger partial charge in [-0.15, -0.1) is 0 Å². The summed E-state index contributed by atoms with van der Waals surface area (Å²) in [5, 5.41) is 0. The molecule has 0 aliphatic carbocycles. The molecule has 1 aromatic carbocycles. The maximum Gasteiger partial charge on any atom is 0.322 e. The first kappa shape index (κ1) is 14.3. The molecule has 104 valence electrons. The van der Waals surface area contributed by atoms with Gasteiger partial charge in [-0.05, 0) is 46.5 Å². The Hall–Kier alpha value is -1.07. The Morgan fingerprint density at radius 2 is 2.16 bits per heavy atom. The van der Waals surface area contributed by atoms with Gasteiger partial charge in [0.05, 0.1) is 18.7 Å². The van der Waals surface area contributed by atoms with Crippen LogP contribution in [0.3, 0.4) is 0 Å². The van der Waals surface area contributed by atoms with E-state index in [1.54, 1.807) is 7.11 Å². The quantitative estimate of drug-likeness (QED) is 0.799. The normalized spacial score (nSPS) is 16.6. The van der Waals surface area contributed by atoms with Gasteiger partial charge in [0.2, 0.25) is 0 Å². The molecule has 1 unspecified atom stereocenters. The maximum atomic E-state index is 11.6. The molecule has 0 aromatic heterocycles. The molecule has 5 heteroatoms. The van der Waals surface area contributed by atoms with Gasteiger partial charge in [-0.2, -0.15) is 0 Å². The summed E-state index contributed by atoms with van der Waals surface area (Å²) in [6, 6.07) is 3.81. The second-order valence-electron chi connectivity index (χ2n) is 4.64. The van der Waals surface area contributed by atoms with Crippen LogP contribution in [0.1, 0.15) is 18.1 Å². The van der Waals surface area contributed by atoms with Crippen LogP contribution in [0.15, 0.2) is 16.6 Å². The van der Waals surface area contributed by atoms with Crippen LogP contribution in [0.2, 0.25) is 0 Å². The first-order valence-electron chi connectivity index (χ1n) is 6.24. The van der Waals surface area contributed by atoms with E-state index in [9.17, 15) is 4.79 Å². The summed E-state index contributed by atoms with van der Waals surface area (Å²) in [6.07, 6.45) is 0.897. The fourth-order valence-corrected chi connectivity index (χ4v) is 3.17. The van der Waals surface area contributed by atoms with Gasteiger partial charge in [-0.25, -0.2) is 0 Å². The Balaban J connectivity index is 2.21. The molecule has 0 fully saturated rings. The molecular weight excluding hydrogens is 310 g/mol. The lowest BCUT2D eigenvalue weighted by Crippen LogP contribution is -2.42. The minimum atomic E-state index is -0.209. The van der Waals surface area contributed by atoms with Crippen LogP contribution in [0.25, 0.3) is 0 Å². The van der Waals surface area contributed by atoms with Gasteiger partial charge >= 0.3 is 5.97 Å². The Morgan fingerprint density at radius 3 is 2.79 bits per heavy atom. The van der Waals surface area contributed by atoms with E-state index in [2.05, 4.69) is 26.9 Å². The van der Waals surface area contributed by atoms with Crippen molar-refractivity contribution < 1.29 is 14.3 Å². The molecule has 1 aliphatic heterocycles.